The molecule has 0 aliphatic rings. The summed E-state index contributed by atoms with van der Waals surface area (Å²) in [6.45, 7) is 8.82. The highest BCUT2D eigenvalue weighted by Crippen LogP contribution is 2.30. The van der Waals surface area contributed by atoms with E-state index in [1.54, 1.807) is 12.1 Å². The van der Waals surface area contributed by atoms with E-state index in [1.165, 1.54) is 23.7 Å². The lowest BCUT2D eigenvalue weighted by Gasteiger charge is -2.27. The third kappa shape index (κ3) is 8.76. The van der Waals surface area contributed by atoms with Crippen molar-refractivity contribution in [1.82, 2.24) is 4.90 Å². The van der Waals surface area contributed by atoms with Gasteiger partial charge in [0, 0.05) is 48.7 Å². The minimum Gasteiger partial charge on any atom is -0.375 e. The van der Waals surface area contributed by atoms with E-state index in [2.05, 4.69) is 23.6 Å². The summed E-state index contributed by atoms with van der Waals surface area (Å²) in [5.74, 6) is 0. The second-order valence-corrected chi connectivity index (χ2v) is 9.04. The van der Waals surface area contributed by atoms with Gasteiger partial charge in [-0.15, -0.1) is 0 Å². The normalized spacial score (nSPS) is 11.9. The van der Waals surface area contributed by atoms with Crippen LogP contribution in [0.15, 0.2) is 96.4 Å². The molecule has 0 aliphatic carbocycles. The molecule has 1 atom stereocenters. The Bertz CT molecular complexity index is 1050. The van der Waals surface area contributed by atoms with Crippen LogP contribution in [0.5, 0.6) is 0 Å². The number of rotatable bonds is 14. The fraction of sp³-hybridized carbons (Fsp3) is 0.259. The van der Waals surface area contributed by atoms with Gasteiger partial charge >= 0.3 is 0 Å². The maximum absolute atomic E-state index is 11.3. The van der Waals surface area contributed by atoms with E-state index in [1.807, 2.05) is 61.5 Å². The highest BCUT2D eigenvalue weighted by molar-refractivity contribution is 7.98. The summed E-state index contributed by atoms with van der Waals surface area (Å²) < 4.78 is 12.0. The van der Waals surface area contributed by atoms with Crippen molar-refractivity contribution in [1.29, 1.82) is 0 Å². The Labute approximate surface area is 205 Å². The van der Waals surface area contributed by atoms with Crippen molar-refractivity contribution in [2.45, 2.75) is 26.2 Å². The van der Waals surface area contributed by atoms with Crippen LogP contribution >= 0.6 is 12.0 Å². The van der Waals surface area contributed by atoms with Crippen LogP contribution < -0.4 is 0 Å². The van der Waals surface area contributed by atoms with Gasteiger partial charge in [0.05, 0.1) is 18.1 Å². The highest BCUT2D eigenvalue weighted by atomic mass is 32.2. The van der Waals surface area contributed by atoms with Gasteiger partial charge in [-0.3, -0.25) is 15.0 Å². The van der Waals surface area contributed by atoms with E-state index in [4.69, 9.17) is 8.92 Å². The van der Waals surface area contributed by atoms with Crippen LogP contribution in [0.3, 0.4) is 0 Å². The molecule has 178 valence electrons. The lowest BCUT2D eigenvalue weighted by molar-refractivity contribution is -0.385. The zero-order chi connectivity index (χ0) is 24.2. The third-order valence-corrected chi connectivity index (χ3v) is 5.71. The molecule has 0 amide bonds. The van der Waals surface area contributed by atoms with Crippen molar-refractivity contribution in [2.75, 3.05) is 19.7 Å². The number of allylic oxidation sites excluding steroid dienone is 1. The number of benzene rings is 3. The molecular formula is C27H30N2O4S. The van der Waals surface area contributed by atoms with Gasteiger partial charge in [-0.05, 0) is 23.6 Å². The Hall–Kier alpha value is -2.97. The molecule has 0 radical (unpaired) electrons. The smallest absolute Gasteiger partial charge is 0.269 e. The number of hydrogen-bond acceptors (Lipinski definition) is 6. The molecule has 0 heterocycles. The highest BCUT2D eigenvalue weighted by Gasteiger charge is 2.20. The van der Waals surface area contributed by atoms with Gasteiger partial charge in [0.1, 0.15) is 6.10 Å². The molecule has 7 heteroatoms. The van der Waals surface area contributed by atoms with E-state index >= 15 is 0 Å². The van der Waals surface area contributed by atoms with Crippen LogP contribution in [-0.2, 0) is 22.1 Å². The van der Waals surface area contributed by atoms with Gasteiger partial charge in [0.2, 0.25) is 0 Å². The summed E-state index contributed by atoms with van der Waals surface area (Å²) in [5.41, 5.74) is 3.11. The average Bonchev–Trinajstić information content (AvgIpc) is 2.85. The van der Waals surface area contributed by atoms with Gasteiger partial charge in [-0.2, -0.15) is 0 Å². The number of nitro groups is 1. The van der Waals surface area contributed by atoms with Crippen LogP contribution in [0.2, 0.25) is 0 Å². The molecule has 3 rings (SSSR count). The zero-order valence-electron chi connectivity index (χ0n) is 19.3. The lowest BCUT2D eigenvalue weighted by Crippen LogP contribution is -2.32. The largest absolute Gasteiger partial charge is 0.375 e. The Morgan fingerprint density at radius 3 is 2.35 bits per heavy atom. The molecule has 0 spiro atoms. The van der Waals surface area contributed by atoms with E-state index in [9.17, 15) is 10.1 Å². The van der Waals surface area contributed by atoms with Gasteiger partial charge in [-0.1, -0.05) is 79.4 Å². The van der Waals surface area contributed by atoms with Crippen LogP contribution in [0.25, 0.3) is 0 Å². The maximum Gasteiger partial charge on any atom is 0.269 e. The van der Waals surface area contributed by atoms with E-state index in [-0.39, 0.29) is 16.7 Å². The van der Waals surface area contributed by atoms with Gasteiger partial charge in [0.15, 0.2) is 0 Å². The van der Waals surface area contributed by atoms with Crippen LogP contribution in [-0.4, -0.2) is 29.5 Å². The predicted molar refractivity (Wildman–Crippen MR) is 137 cm³/mol. The molecule has 34 heavy (non-hydrogen) atoms. The molecule has 3 aromatic rings. The fourth-order valence-electron chi connectivity index (χ4n) is 3.44. The van der Waals surface area contributed by atoms with Crippen LogP contribution in [0.1, 0.15) is 29.7 Å². The molecule has 0 unspecified atom stereocenters. The van der Waals surface area contributed by atoms with Crippen molar-refractivity contribution < 1.29 is 13.8 Å². The Morgan fingerprint density at radius 1 is 1.03 bits per heavy atom. The first-order chi connectivity index (χ1) is 16.5. The molecule has 0 bridgehead atoms. The second-order valence-electron chi connectivity index (χ2n) is 7.98. The van der Waals surface area contributed by atoms with Gasteiger partial charge < -0.3 is 8.92 Å². The van der Waals surface area contributed by atoms with Crippen molar-refractivity contribution in [3.63, 3.8) is 0 Å². The van der Waals surface area contributed by atoms with Crippen LogP contribution in [0.4, 0.5) is 5.69 Å². The predicted octanol–water partition coefficient (Wildman–Crippen LogP) is 6.55. The number of nitro benzene ring substituents is 1. The summed E-state index contributed by atoms with van der Waals surface area (Å²) >= 11 is 1.20. The number of non-ortho nitro benzene ring substituents is 1. The summed E-state index contributed by atoms with van der Waals surface area (Å²) in [7, 11) is 0. The summed E-state index contributed by atoms with van der Waals surface area (Å²) in [6, 6.07) is 26.9. The Kier molecular flexibility index (Phi) is 10.3. The van der Waals surface area contributed by atoms with Crippen LogP contribution in [0, 0.1) is 10.1 Å². The van der Waals surface area contributed by atoms with Gasteiger partial charge in [-0.25, -0.2) is 0 Å². The van der Waals surface area contributed by atoms with E-state index < -0.39 is 0 Å². The van der Waals surface area contributed by atoms with E-state index in [0.29, 0.717) is 32.8 Å². The number of ether oxygens (including phenoxy) is 1. The topological polar surface area (TPSA) is 64.8 Å². The van der Waals surface area contributed by atoms with E-state index in [0.717, 1.165) is 16.0 Å². The summed E-state index contributed by atoms with van der Waals surface area (Å²) in [4.78, 5) is 14.0. The minimum absolute atomic E-state index is 0.0484. The second kappa shape index (κ2) is 13.7. The van der Waals surface area contributed by atoms with Crippen molar-refractivity contribution in [2.24, 2.45) is 0 Å². The Balaban J connectivity index is 1.72. The molecule has 0 saturated carbocycles. The van der Waals surface area contributed by atoms with Crippen molar-refractivity contribution in [3.8, 4) is 0 Å². The summed E-state index contributed by atoms with van der Waals surface area (Å²) in [5, 5.41) is 11.3. The molecule has 0 saturated heterocycles. The van der Waals surface area contributed by atoms with Gasteiger partial charge in [0.25, 0.3) is 5.69 Å². The molecule has 3 aromatic carbocycles. The maximum atomic E-state index is 11.3. The van der Waals surface area contributed by atoms with Crippen molar-refractivity contribution in [3.05, 3.63) is 123 Å². The van der Waals surface area contributed by atoms with Crippen molar-refractivity contribution >= 4 is 17.7 Å². The fourth-order valence-corrected chi connectivity index (χ4v) is 3.89. The first-order valence-electron chi connectivity index (χ1n) is 11.1. The average molecular weight is 479 g/mol. The molecule has 6 nitrogen and oxygen atoms in total. The minimum atomic E-state index is -0.383. The quantitative estimate of drug-likeness (QED) is 0.113. The SMILES string of the molecule is C=C(C)SO[C@@H](CN(CCOCc1ccccc1)Cc1ccccc1)c1cccc([N+](=O)[O-])c1. The molecular weight excluding hydrogens is 448 g/mol. The monoisotopic (exact) mass is 478 g/mol. The first-order valence-corrected chi connectivity index (χ1v) is 11.9. The molecule has 0 aliphatic heterocycles. The zero-order valence-corrected chi connectivity index (χ0v) is 20.2. The molecule has 0 fully saturated rings. The number of nitrogens with zero attached hydrogens (tertiary/aromatic N) is 2. The third-order valence-electron chi connectivity index (χ3n) is 5.10. The first kappa shape index (κ1) is 25.6. The Morgan fingerprint density at radius 2 is 1.71 bits per heavy atom. The lowest BCUT2D eigenvalue weighted by atomic mass is 10.1. The molecule has 0 aromatic heterocycles. The summed E-state index contributed by atoms with van der Waals surface area (Å²) in [6.07, 6.45) is -0.376. The standard InChI is InChI=1S/C27H30N2O4S/c1-22(2)34-33-27(25-14-9-15-26(18-25)29(30)31)20-28(19-23-10-5-3-6-11-23)16-17-32-21-24-12-7-4-8-13-24/h3-15,18,27H,1,16-17,19-21H2,2H3/t27-/m0/s1. The molecule has 0 N–H and O–H groups in total. The number of hydrogen-bond donors (Lipinski definition) is 0.